The average molecular weight is 383 g/mol. The Hall–Kier alpha value is -2.81. The highest BCUT2D eigenvalue weighted by atomic mass is 16.1. The Balaban J connectivity index is 1.46. The third-order valence-electron chi connectivity index (χ3n) is 7.35. The summed E-state index contributed by atoms with van der Waals surface area (Å²) < 4.78 is 0. The maximum absolute atomic E-state index is 13.2. The zero-order chi connectivity index (χ0) is 19.5. The Morgan fingerprint density at radius 3 is 2.21 bits per heavy atom. The molecule has 3 heteroatoms. The summed E-state index contributed by atoms with van der Waals surface area (Å²) in [5.41, 5.74) is 6.91. The van der Waals surface area contributed by atoms with Crippen LogP contribution in [0.4, 0.5) is 11.4 Å². The molecule has 2 aromatic carbocycles. The largest absolute Gasteiger partial charge is 0.370 e. The fourth-order valence-electron chi connectivity index (χ4n) is 5.91. The van der Waals surface area contributed by atoms with Gasteiger partial charge in [-0.15, -0.1) is 0 Å². The number of allylic oxidation sites excluding steroid dienone is 4. The molecule has 0 spiro atoms. The van der Waals surface area contributed by atoms with E-state index in [0.29, 0.717) is 23.7 Å². The quantitative estimate of drug-likeness (QED) is 0.705. The predicted molar refractivity (Wildman–Crippen MR) is 118 cm³/mol. The number of carbonyl (C=O) groups excluding carboxylic acids is 1. The lowest BCUT2D eigenvalue weighted by Gasteiger charge is -2.46. The van der Waals surface area contributed by atoms with Gasteiger partial charge in [0.15, 0.2) is 0 Å². The summed E-state index contributed by atoms with van der Waals surface area (Å²) in [6, 6.07) is 12.3. The van der Waals surface area contributed by atoms with Crippen LogP contribution in [0, 0.1) is 18.8 Å². The number of fused-ring (bicyclic) bond motifs is 4. The molecule has 0 unspecified atom stereocenters. The molecule has 4 aliphatic rings. The van der Waals surface area contributed by atoms with Crippen LogP contribution in [-0.2, 0) is 0 Å². The minimum absolute atomic E-state index is 0.00176. The second-order valence-electron chi connectivity index (χ2n) is 9.08. The number of hydrogen-bond acceptors (Lipinski definition) is 2. The van der Waals surface area contributed by atoms with E-state index in [1.807, 2.05) is 31.2 Å². The van der Waals surface area contributed by atoms with Gasteiger partial charge in [-0.3, -0.25) is 4.79 Å². The second kappa shape index (κ2) is 6.35. The molecule has 0 radical (unpaired) electrons. The molecule has 1 amide bonds. The number of aryl methyl sites for hydroxylation is 1. The Labute approximate surface area is 172 Å². The highest BCUT2D eigenvalue weighted by Crippen LogP contribution is 2.53. The Morgan fingerprint density at radius 1 is 0.966 bits per heavy atom. The Morgan fingerprint density at radius 2 is 1.59 bits per heavy atom. The van der Waals surface area contributed by atoms with Crippen molar-refractivity contribution in [1.29, 1.82) is 0 Å². The number of nitrogens with one attached hydrogen (secondary N) is 1. The Kier molecular flexibility index (Phi) is 3.74. The third kappa shape index (κ3) is 2.60. The molecule has 1 N–H and O–H groups in total. The molecule has 0 saturated heterocycles. The topological polar surface area (TPSA) is 32.3 Å². The van der Waals surface area contributed by atoms with E-state index in [1.54, 1.807) is 0 Å². The molecule has 2 aliphatic carbocycles. The molecule has 0 bridgehead atoms. The zero-order valence-corrected chi connectivity index (χ0v) is 16.8. The van der Waals surface area contributed by atoms with Crippen LogP contribution in [0.2, 0.25) is 0 Å². The van der Waals surface area contributed by atoms with E-state index in [-0.39, 0.29) is 5.91 Å². The first-order valence-electron chi connectivity index (χ1n) is 10.8. The minimum Gasteiger partial charge on any atom is -0.370 e. The SMILES string of the molecule is Cc1ccccc1NC(=O)c1cc2c3c(c1)[C@H]1C=CC[C@H]1CN3C[C@H]1CC=C[C@H]21. The number of nitrogens with zero attached hydrogens (tertiary/aromatic N) is 1. The van der Waals surface area contributed by atoms with Gasteiger partial charge in [0.05, 0.1) is 0 Å². The van der Waals surface area contributed by atoms with Crippen molar-refractivity contribution in [2.75, 3.05) is 23.3 Å². The molecule has 0 saturated carbocycles. The van der Waals surface area contributed by atoms with Gasteiger partial charge in [0.25, 0.3) is 5.91 Å². The van der Waals surface area contributed by atoms with Crippen molar-refractivity contribution in [2.45, 2.75) is 31.6 Å². The lowest BCUT2D eigenvalue weighted by Crippen LogP contribution is -2.43. The van der Waals surface area contributed by atoms with E-state index in [2.05, 4.69) is 46.7 Å². The normalized spacial score (nSPS) is 28.1. The van der Waals surface area contributed by atoms with Gasteiger partial charge < -0.3 is 10.2 Å². The van der Waals surface area contributed by atoms with Gasteiger partial charge in [0.2, 0.25) is 0 Å². The lowest BCUT2D eigenvalue weighted by atomic mass is 9.74. The van der Waals surface area contributed by atoms with Gasteiger partial charge in [0.1, 0.15) is 0 Å². The molecule has 146 valence electrons. The van der Waals surface area contributed by atoms with Gasteiger partial charge in [0, 0.05) is 41.9 Å². The molecule has 4 atom stereocenters. The van der Waals surface area contributed by atoms with Crippen LogP contribution < -0.4 is 10.2 Å². The second-order valence-corrected chi connectivity index (χ2v) is 9.08. The van der Waals surface area contributed by atoms with Gasteiger partial charge in [-0.2, -0.15) is 0 Å². The number of rotatable bonds is 2. The molecule has 29 heavy (non-hydrogen) atoms. The molecule has 2 heterocycles. The molecular formula is C26H26N2O. The fraction of sp³-hybridized carbons (Fsp3) is 0.346. The summed E-state index contributed by atoms with van der Waals surface area (Å²) >= 11 is 0. The van der Waals surface area contributed by atoms with Crippen molar-refractivity contribution in [1.82, 2.24) is 0 Å². The van der Waals surface area contributed by atoms with Crippen LogP contribution in [0.25, 0.3) is 0 Å². The van der Waals surface area contributed by atoms with Gasteiger partial charge in [-0.05, 0) is 66.5 Å². The third-order valence-corrected chi connectivity index (χ3v) is 7.35. The van der Waals surface area contributed by atoms with E-state index < -0.39 is 0 Å². The van der Waals surface area contributed by atoms with Crippen LogP contribution >= 0.6 is 0 Å². The smallest absolute Gasteiger partial charge is 0.255 e. The Bertz CT molecular complexity index is 1020. The first-order chi connectivity index (χ1) is 14.2. The summed E-state index contributed by atoms with van der Waals surface area (Å²) in [5, 5.41) is 3.14. The monoisotopic (exact) mass is 382 g/mol. The summed E-state index contributed by atoms with van der Waals surface area (Å²) in [6.45, 7) is 4.33. The first kappa shape index (κ1) is 17.1. The molecule has 0 aromatic heterocycles. The van der Waals surface area contributed by atoms with Crippen LogP contribution in [0.3, 0.4) is 0 Å². The van der Waals surface area contributed by atoms with Crippen molar-refractivity contribution in [3.8, 4) is 0 Å². The van der Waals surface area contributed by atoms with Gasteiger partial charge >= 0.3 is 0 Å². The maximum atomic E-state index is 13.2. The van der Waals surface area contributed by atoms with Gasteiger partial charge in [-0.1, -0.05) is 42.5 Å². The molecule has 0 fully saturated rings. The standard InChI is InChI=1S/C26H26N2O/c1-16-6-2-3-11-24(16)27-26(29)19-12-22-20-9-4-7-17(20)14-28-15-18-8-5-10-21(18)23(13-19)25(22)28/h2-6,9-13,17-18,20-21H,7-8,14-15H2,1H3,(H,27,29)/t17-,18+,20-,21-/m0/s1. The zero-order valence-electron chi connectivity index (χ0n) is 16.8. The summed E-state index contributed by atoms with van der Waals surface area (Å²) in [6.07, 6.45) is 11.7. The van der Waals surface area contributed by atoms with Crippen molar-refractivity contribution >= 4 is 17.3 Å². The molecule has 2 aromatic rings. The van der Waals surface area contributed by atoms with E-state index in [1.165, 1.54) is 16.8 Å². The fourth-order valence-corrected chi connectivity index (χ4v) is 5.91. The highest BCUT2D eigenvalue weighted by Gasteiger charge is 2.42. The average Bonchev–Trinajstić information content (AvgIpc) is 3.39. The molecule has 6 rings (SSSR count). The maximum Gasteiger partial charge on any atom is 0.255 e. The summed E-state index contributed by atoms with van der Waals surface area (Å²) in [4.78, 5) is 15.9. The minimum atomic E-state index is -0.00176. The van der Waals surface area contributed by atoms with Crippen molar-refractivity contribution in [2.24, 2.45) is 11.8 Å². The number of benzene rings is 2. The molecule has 2 aliphatic heterocycles. The summed E-state index contributed by atoms with van der Waals surface area (Å²) in [5.74, 6) is 2.20. The number of anilines is 2. The number of carbonyl (C=O) groups is 1. The van der Waals surface area contributed by atoms with Crippen LogP contribution in [0.15, 0.2) is 60.7 Å². The van der Waals surface area contributed by atoms with E-state index in [9.17, 15) is 4.79 Å². The first-order valence-corrected chi connectivity index (χ1v) is 10.8. The summed E-state index contributed by atoms with van der Waals surface area (Å²) in [7, 11) is 0. The molecule has 3 nitrogen and oxygen atoms in total. The van der Waals surface area contributed by atoms with E-state index in [0.717, 1.165) is 42.7 Å². The van der Waals surface area contributed by atoms with Crippen molar-refractivity contribution in [3.63, 3.8) is 0 Å². The van der Waals surface area contributed by atoms with Crippen LogP contribution in [0.5, 0.6) is 0 Å². The van der Waals surface area contributed by atoms with E-state index >= 15 is 0 Å². The van der Waals surface area contributed by atoms with Crippen LogP contribution in [0.1, 0.15) is 51.7 Å². The number of para-hydroxylation sites is 1. The number of amides is 1. The van der Waals surface area contributed by atoms with Crippen molar-refractivity contribution in [3.05, 3.63) is 83.0 Å². The van der Waals surface area contributed by atoms with Gasteiger partial charge in [-0.25, -0.2) is 0 Å². The van der Waals surface area contributed by atoms with Crippen molar-refractivity contribution < 1.29 is 4.79 Å². The van der Waals surface area contributed by atoms with Crippen LogP contribution in [-0.4, -0.2) is 19.0 Å². The predicted octanol–water partition coefficient (Wildman–Crippen LogP) is 5.40. The lowest BCUT2D eigenvalue weighted by molar-refractivity contribution is 0.102. The van der Waals surface area contributed by atoms with E-state index in [4.69, 9.17) is 0 Å². The molecular weight excluding hydrogens is 356 g/mol. The highest BCUT2D eigenvalue weighted by molar-refractivity contribution is 6.05. The number of hydrogen-bond donors (Lipinski definition) is 1.